The first-order valence-electron chi connectivity index (χ1n) is 4.08. The van der Waals surface area contributed by atoms with Crippen LogP contribution in [0.25, 0.3) is 0 Å². The highest BCUT2D eigenvalue weighted by Crippen LogP contribution is 2.68. The Kier molecular flexibility index (Phi) is 6.11. The maximum atomic E-state index is 10.9. The fourth-order valence-corrected chi connectivity index (χ4v) is 6.45. The monoisotopic (exact) mass is 381 g/mol. The molecule has 122 valence electrons. The molecule has 18 heteroatoms. The smallest absolute Gasteiger partial charge is 0.323 e. The largest absolute Gasteiger partial charge is 0.357 e. The lowest BCUT2D eigenvalue weighted by molar-refractivity contribution is -0.0953. The van der Waals surface area contributed by atoms with Crippen molar-refractivity contribution in [2.45, 2.75) is 11.0 Å². The van der Waals surface area contributed by atoms with E-state index in [0.29, 0.717) is 0 Å². The summed E-state index contributed by atoms with van der Waals surface area (Å²) >= 11 is 0. The SMILES string of the molecule is O=P(O)(O)C(N(O)C(P(=O)(O)O)P(=O)(O)O)P(=O)(O)O. The molecule has 0 amide bonds. The van der Waals surface area contributed by atoms with E-state index in [9.17, 15) is 23.5 Å². The number of rotatable bonds is 6. The van der Waals surface area contributed by atoms with Crippen molar-refractivity contribution in [3.63, 3.8) is 0 Å². The first-order valence-corrected chi connectivity index (χ1v) is 10.8. The van der Waals surface area contributed by atoms with Crippen molar-refractivity contribution >= 4 is 30.4 Å². The van der Waals surface area contributed by atoms with Gasteiger partial charge in [0.2, 0.25) is 11.0 Å². The van der Waals surface area contributed by atoms with Crippen molar-refractivity contribution in [1.29, 1.82) is 0 Å². The molecule has 9 N–H and O–H groups in total. The van der Waals surface area contributed by atoms with Gasteiger partial charge in [0.1, 0.15) is 0 Å². The summed E-state index contributed by atoms with van der Waals surface area (Å²) in [5.74, 6) is 0. The molecule has 0 radical (unpaired) electrons. The zero-order chi connectivity index (χ0) is 16.7. The van der Waals surface area contributed by atoms with Crippen LogP contribution in [0.4, 0.5) is 0 Å². The molecule has 0 aromatic carbocycles. The van der Waals surface area contributed by atoms with Crippen LogP contribution in [0.3, 0.4) is 0 Å². The van der Waals surface area contributed by atoms with Crippen LogP contribution in [-0.2, 0) is 18.3 Å². The van der Waals surface area contributed by atoms with E-state index in [2.05, 4.69) is 0 Å². The summed E-state index contributed by atoms with van der Waals surface area (Å²) < 4.78 is 43.5. The topological polar surface area (TPSA) is 254 Å². The average Bonchev–Trinajstić information content (AvgIpc) is 1.88. The summed E-state index contributed by atoms with van der Waals surface area (Å²) in [6, 6.07) is 0. The Morgan fingerprint density at radius 3 is 0.800 bits per heavy atom. The van der Waals surface area contributed by atoms with Crippen LogP contribution in [0.5, 0.6) is 0 Å². The predicted octanol–water partition coefficient (Wildman–Crippen LogP) is -2.04. The zero-order valence-electron chi connectivity index (χ0n) is 9.05. The molecule has 0 aromatic heterocycles. The third kappa shape index (κ3) is 5.38. The minimum atomic E-state index is -5.92. The molecule has 0 saturated carbocycles. The van der Waals surface area contributed by atoms with E-state index in [4.69, 9.17) is 39.1 Å². The molecule has 0 spiro atoms. The van der Waals surface area contributed by atoms with E-state index in [1.807, 2.05) is 0 Å². The number of hydrogen-bond acceptors (Lipinski definition) is 6. The number of nitrogens with zero attached hydrogens (tertiary/aromatic N) is 1. The van der Waals surface area contributed by atoms with Crippen molar-refractivity contribution in [3.05, 3.63) is 0 Å². The van der Waals surface area contributed by atoms with E-state index in [1.54, 1.807) is 0 Å². The van der Waals surface area contributed by atoms with Crippen LogP contribution in [0, 0.1) is 0 Å². The molecule has 0 rings (SSSR count). The zero-order valence-corrected chi connectivity index (χ0v) is 12.6. The molecular weight excluding hydrogens is 370 g/mol. The summed E-state index contributed by atoms with van der Waals surface area (Å²) in [4.78, 5) is 69.4. The van der Waals surface area contributed by atoms with Gasteiger partial charge in [0.25, 0.3) is 0 Å². The lowest BCUT2D eigenvalue weighted by atomic mass is 11.2. The van der Waals surface area contributed by atoms with Crippen LogP contribution < -0.4 is 0 Å². The van der Waals surface area contributed by atoms with E-state index < -0.39 is 46.5 Å². The molecule has 0 unspecified atom stereocenters. The predicted molar refractivity (Wildman–Crippen MR) is 59.4 cm³/mol. The Balaban J connectivity index is 6.08. The lowest BCUT2D eigenvalue weighted by Crippen LogP contribution is -2.40. The van der Waals surface area contributed by atoms with Gasteiger partial charge in [0.05, 0.1) is 0 Å². The third-order valence-electron chi connectivity index (χ3n) is 1.68. The minimum Gasteiger partial charge on any atom is -0.323 e. The molecule has 0 aromatic rings. The Morgan fingerprint density at radius 2 is 0.700 bits per heavy atom. The average molecular weight is 381 g/mol. The standard InChI is InChI=1S/C2H11NO13P4/c4-3(1(17(5,6)7)18(8,9)10)2(19(11,12)13)20(14,15)16/h1-2,4H,(H2,5,6,7)(H2,8,9,10)(H2,11,12,13)(H2,14,15,16). The summed E-state index contributed by atoms with van der Waals surface area (Å²) in [5.41, 5.74) is -7.11. The maximum absolute atomic E-state index is 10.9. The molecule has 0 aliphatic heterocycles. The molecule has 20 heavy (non-hydrogen) atoms. The molecule has 0 fully saturated rings. The van der Waals surface area contributed by atoms with E-state index in [0.717, 1.165) is 0 Å². The normalized spacial score (nSPS) is 15.4. The minimum absolute atomic E-state index is 1.39. The molecule has 0 bridgehead atoms. The summed E-state index contributed by atoms with van der Waals surface area (Å²) in [7, 11) is -23.7. The lowest BCUT2D eigenvalue weighted by Gasteiger charge is -2.32. The molecule has 14 nitrogen and oxygen atoms in total. The Labute approximate surface area is 110 Å². The Hall–Kier alpha value is 0.520. The second kappa shape index (κ2) is 5.96. The van der Waals surface area contributed by atoms with E-state index in [-0.39, 0.29) is 0 Å². The van der Waals surface area contributed by atoms with Gasteiger partial charge in [-0.3, -0.25) is 18.3 Å². The van der Waals surface area contributed by atoms with Gasteiger partial charge in [-0.1, -0.05) is 0 Å². The Morgan fingerprint density at radius 1 is 0.550 bits per heavy atom. The van der Waals surface area contributed by atoms with Gasteiger partial charge in [-0.15, -0.1) is 5.06 Å². The van der Waals surface area contributed by atoms with Gasteiger partial charge >= 0.3 is 30.4 Å². The molecule has 0 aliphatic carbocycles. The van der Waals surface area contributed by atoms with Gasteiger partial charge < -0.3 is 44.4 Å². The Bertz CT molecular complexity index is 439. The first kappa shape index (κ1) is 20.5. The molecular formula is C2H11NO13P4. The van der Waals surface area contributed by atoms with Crippen molar-refractivity contribution in [3.8, 4) is 0 Å². The molecule has 0 atom stereocenters. The van der Waals surface area contributed by atoms with Gasteiger partial charge in [-0.2, -0.15) is 0 Å². The summed E-state index contributed by atoms with van der Waals surface area (Å²) in [6.45, 7) is 0. The number of hydroxylamine groups is 2. The van der Waals surface area contributed by atoms with Crippen molar-refractivity contribution in [2.75, 3.05) is 0 Å². The quantitative estimate of drug-likeness (QED) is 0.177. The van der Waals surface area contributed by atoms with E-state index in [1.165, 1.54) is 0 Å². The fourth-order valence-electron chi connectivity index (χ4n) is 1.13. The second-order valence-corrected chi connectivity index (χ2v) is 10.9. The maximum Gasteiger partial charge on any atom is 0.357 e. The van der Waals surface area contributed by atoms with Gasteiger partial charge in [0, 0.05) is 0 Å². The summed E-state index contributed by atoms with van der Waals surface area (Å²) in [5, 5.41) is 7.79. The third-order valence-corrected chi connectivity index (χ3v) is 8.64. The van der Waals surface area contributed by atoms with Gasteiger partial charge in [0.15, 0.2) is 0 Å². The molecule has 0 heterocycles. The van der Waals surface area contributed by atoms with E-state index >= 15 is 0 Å². The van der Waals surface area contributed by atoms with Gasteiger partial charge in [-0.05, 0) is 0 Å². The van der Waals surface area contributed by atoms with Crippen LogP contribution in [-0.4, -0.2) is 60.5 Å². The van der Waals surface area contributed by atoms with Crippen molar-refractivity contribution < 1.29 is 62.6 Å². The van der Waals surface area contributed by atoms with Crippen LogP contribution in [0.15, 0.2) is 0 Å². The van der Waals surface area contributed by atoms with Crippen LogP contribution in [0.1, 0.15) is 0 Å². The highest BCUT2D eigenvalue weighted by molar-refractivity contribution is 7.72. The summed E-state index contributed by atoms with van der Waals surface area (Å²) in [6.07, 6.45) is 0. The molecule has 0 aliphatic rings. The number of hydrogen-bond donors (Lipinski definition) is 9. The van der Waals surface area contributed by atoms with Crippen molar-refractivity contribution in [1.82, 2.24) is 5.06 Å². The fraction of sp³-hybridized carbons (Fsp3) is 1.00. The van der Waals surface area contributed by atoms with Gasteiger partial charge in [-0.25, -0.2) is 0 Å². The highest BCUT2D eigenvalue weighted by atomic mass is 31.2. The van der Waals surface area contributed by atoms with Crippen LogP contribution >= 0.6 is 30.4 Å². The molecule has 0 saturated heterocycles. The van der Waals surface area contributed by atoms with Crippen molar-refractivity contribution in [2.24, 2.45) is 0 Å². The second-order valence-electron chi connectivity index (χ2n) is 3.43. The van der Waals surface area contributed by atoms with Crippen LogP contribution in [0.2, 0.25) is 0 Å². The first-order chi connectivity index (χ1) is 8.40. The highest BCUT2D eigenvalue weighted by Gasteiger charge is 2.58.